The molecule has 2 aromatic carbocycles. The van der Waals surface area contributed by atoms with Crippen LogP contribution in [0.2, 0.25) is 0 Å². The van der Waals surface area contributed by atoms with E-state index in [1.807, 2.05) is 61.5 Å². The van der Waals surface area contributed by atoms with E-state index in [1.54, 1.807) is 0 Å². The summed E-state index contributed by atoms with van der Waals surface area (Å²) in [5.74, 6) is 1.31. The van der Waals surface area contributed by atoms with E-state index in [1.165, 1.54) is 0 Å². The SMILES string of the molecule is CCC(O)CN1CCN(CC(=O)Nc2ccccc2Oc2ccccc2)CC1. The first-order valence-electron chi connectivity index (χ1n) is 9.88. The van der Waals surface area contributed by atoms with Crippen LogP contribution in [0.25, 0.3) is 0 Å². The molecule has 0 spiro atoms. The Labute approximate surface area is 166 Å². The van der Waals surface area contributed by atoms with E-state index >= 15 is 0 Å². The number of rotatable bonds is 8. The summed E-state index contributed by atoms with van der Waals surface area (Å²) in [6.07, 6.45) is 0.503. The van der Waals surface area contributed by atoms with Gasteiger partial charge in [-0.15, -0.1) is 0 Å². The maximum atomic E-state index is 12.5. The fourth-order valence-corrected chi connectivity index (χ4v) is 3.22. The summed E-state index contributed by atoms with van der Waals surface area (Å²) in [5, 5.41) is 12.8. The fraction of sp³-hybridized carbons (Fsp3) is 0.409. The third-order valence-electron chi connectivity index (χ3n) is 4.90. The van der Waals surface area contributed by atoms with Crippen molar-refractivity contribution < 1.29 is 14.6 Å². The minimum Gasteiger partial charge on any atom is -0.455 e. The second-order valence-corrected chi connectivity index (χ2v) is 7.10. The van der Waals surface area contributed by atoms with Gasteiger partial charge in [-0.3, -0.25) is 14.6 Å². The zero-order valence-corrected chi connectivity index (χ0v) is 16.4. The molecule has 6 nitrogen and oxygen atoms in total. The highest BCUT2D eigenvalue weighted by atomic mass is 16.5. The number of benzene rings is 2. The molecule has 0 bridgehead atoms. The first kappa shape index (κ1) is 20.3. The Morgan fingerprint density at radius 3 is 2.39 bits per heavy atom. The zero-order chi connectivity index (χ0) is 19.8. The molecule has 150 valence electrons. The highest BCUT2D eigenvalue weighted by Crippen LogP contribution is 2.29. The van der Waals surface area contributed by atoms with E-state index in [2.05, 4.69) is 15.1 Å². The van der Waals surface area contributed by atoms with Crippen molar-refractivity contribution >= 4 is 11.6 Å². The molecule has 2 aromatic rings. The van der Waals surface area contributed by atoms with Crippen LogP contribution in [0.1, 0.15) is 13.3 Å². The number of hydrogen-bond donors (Lipinski definition) is 2. The Kier molecular flexibility index (Phi) is 7.42. The molecule has 1 heterocycles. The van der Waals surface area contributed by atoms with Gasteiger partial charge in [-0.2, -0.15) is 0 Å². The van der Waals surface area contributed by atoms with Gasteiger partial charge in [0.2, 0.25) is 5.91 Å². The number of carbonyl (C=O) groups excluding carboxylic acids is 1. The number of piperazine rings is 1. The highest BCUT2D eigenvalue weighted by molar-refractivity contribution is 5.93. The van der Waals surface area contributed by atoms with Crippen molar-refractivity contribution in [1.82, 2.24) is 9.80 Å². The lowest BCUT2D eigenvalue weighted by Crippen LogP contribution is -2.50. The van der Waals surface area contributed by atoms with Crippen LogP contribution in [0.5, 0.6) is 11.5 Å². The van der Waals surface area contributed by atoms with E-state index in [0.29, 0.717) is 24.5 Å². The zero-order valence-electron chi connectivity index (χ0n) is 16.4. The number of aliphatic hydroxyl groups excluding tert-OH is 1. The van der Waals surface area contributed by atoms with Crippen molar-refractivity contribution in [3.63, 3.8) is 0 Å². The molecule has 0 aliphatic carbocycles. The van der Waals surface area contributed by atoms with Gasteiger partial charge in [0, 0.05) is 32.7 Å². The number of hydrogen-bond acceptors (Lipinski definition) is 5. The molecule has 3 rings (SSSR count). The minimum atomic E-state index is -0.268. The maximum Gasteiger partial charge on any atom is 0.238 e. The molecule has 2 N–H and O–H groups in total. The van der Waals surface area contributed by atoms with Gasteiger partial charge in [-0.25, -0.2) is 0 Å². The van der Waals surface area contributed by atoms with Gasteiger partial charge >= 0.3 is 0 Å². The monoisotopic (exact) mass is 383 g/mol. The summed E-state index contributed by atoms with van der Waals surface area (Å²) >= 11 is 0. The molecule has 1 amide bonds. The van der Waals surface area contributed by atoms with Crippen molar-refractivity contribution in [1.29, 1.82) is 0 Å². The van der Waals surface area contributed by atoms with E-state index in [9.17, 15) is 9.90 Å². The first-order chi connectivity index (χ1) is 13.6. The largest absolute Gasteiger partial charge is 0.455 e. The van der Waals surface area contributed by atoms with E-state index in [0.717, 1.165) is 38.3 Å². The number of aliphatic hydroxyl groups is 1. The summed E-state index contributed by atoms with van der Waals surface area (Å²) in [7, 11) is 0. The number of nitrogens with one attached hydrogen (secondary N) is 1. The van der Waals surface area contributed by atoms with Crippen molar-refractivity contribution in [2.45, 2.75) is 19.4 Å². The quantitative estimate of drug-likeness (QED) is 0.734. The average molecular weight is 383 g/mol. The van der Waals surface area contributed by atoms with Gasteiger partial charge in [-0.1, -0.05) is 37.3 Å². The topological polar surface area (TPSA) is 65.0 Å². The summed E-state index contributed by atoms with van der Waals surface area (Å²) in [5.41, 5.74) is 0.668. The second kappa shape index (κ2) is 10.2. The Morgan fingerprint density at radius 1 is 1.04 bits per heavy atom. The van der Waals surface area contributed by atoms with E-state index in [-0.39, 0.29) is 12.0 Å². The van der Waals surface area contributed by atoms with Gasteiger partial charge in [0.1, 0.15) is 5.75 Å². The predicted octanol–water partition coefficient (Wildman–Crippen LogP) is 2.81. The molecule has 0 saturated carbocycles. The van der Waals surface area contributed by atoms with E-state index < -0.39 is 0 Å². The average Bonchev–Trinajstić information content (AvgIpc) is 2.71. The number of β-amino-alcohol motifs (C(OH)–C–C–N with tert-alkyl or cyclic N) is 1. The molecule has 1 saturated heterocycles. The summed E-state index contributed by atoms with van der Waals surface area (Å²) in [6.45, 7) is 6.45. The number of ether oxygens (including phenoxy) is 1. The van der Waals surface area contributed by atoms with Gasteiger partial charge < -0.3 is 15.2 Å². The molecule has 1 atom stereocenters. The molecule has 1 aliphatic rings. The lowest BCUT2D eigenvalue weighted by Gasteiger charge is -2.35. The lowest BCUT2D eigenvalue weighted by atomic mass is 10.2. The van der Waals surface area contributed by atoms with Crippen LogP contribution in [0.3, 0.4) is 0 Å². The Hall–Kier alpha value is -2.41. The fourth-order valence-electron chi connectivity index (χ4n) is 3.22. The minimum absolute atomic E-state index is 0.0499. The van der Waals surface area contributed by atoms with Crippen LogP contribution in [-0.2, 0) is 4.79 Å². The van der Waals surface area contributed by atoms with Crippen LogP contribution < -0.4 is 10.1 Å². The van der Waals surface area contributed by atoms with Crippen molar-refractivity contribution in [3.05, 3.63) is 54.6 Å². The van der Waals surface area contributed by atoms with Crippen molar-refractivity contribution in [2.75, 3.05) is 44.6 Å². The standard InChI is InChI=1S/C22H29N3O3/c1-2-18(26)16-24-12-14-25(15-13-24)17-22(27)23-20-10-6-7-11-21(20)28-19-8-4-3-5-9-19/h3-11,18,26H,2,12-17H2,1H3,(H,23,27). The molecule has 1 unspecified atom stereocenters. The summed E-state index contributed by atoms with van der Waals surface area (Å²) < 4.78 is 5.90. The number of amides is 1. The molecule has 0 radical (unpaired) electrons. The Bertz CT molecular complexity index is 746. The van der Waals surface area contributed by atoms with Gasteiger partial charge in [0.05, 0.1) is 18.3 Å². The molecule has 0 aromatic heterocycles. The van der Waals surface area contributed by atoms with Gasteiger partial charge in [-0.05, 0) is 30.7 Å². The Balaban J connectivity index is 1.50. The molecule has 6 heteroatoms. The molecular weight excluding hydrogens is 354 g/mol. The van der Waals surface area contributed by atoms with E-state index in [4.69, 9.17) is 4.74 Å². The molecule has 28 heavy (non-hydrogen) atoms. The number of anilines is 1. The third kappa shape index (κ3) is 6.05. The molecule has 1 fully saturated rings. The van der Waals surface area contributed by atoms with Crippen LogP contribution in [0.15, 0.2) is 54.6 Å². The number of para-hydroxylation sites is 3. The first-order valence-corrected chi connectivity index (χ1v) is 9.88. The van der Waals surface area contributed by atoms with Crippen LogP contribution in [-0.4, -0.2) is 66.2 Å². The maximum absolute atomic E-state index is 12.5. The molecular formula is C22H29N3O3. The lowest BCUT2D eigenvalue weighted by molar-refractivity contribution is -0.117. The highest BCUT2D eigenvalue weighted by Gasteiger charge is 2.20. The van der Waals surface area contributed by atoms with Gasteiger partial charge in [0.15, 0.2) is 5.75 Å². The van der Waals surface area contributed by atoms with Crippen LogP contribution in [0.4, 0.5) is 5.69 Å². The molecule has 1 aliphatic heterocycles. The third-order valence-corrected chi connectivity index (χ3v) is 4.90. The van der Waals surface area contributed by atoms with Crippen LogP contribution in [0, 0.1) is 0 Å². The van der Waals surface area contributed by atoms with Gasteiger partial charge in [0.25, 0.3) is 0 Å². The summed E-state index contributed by atoms with van der Waals surface area (Å²) in [6, 6.07) is 17.0. The predicted molar refractivity (Wildman–Crippen MR) is 111 cm³/mol. The number of carbonyl (C=O) groups is 1. The van der Waals surface area contributed by atoms with Crippen molar-refractivity contribution in [3.8, 4) is 11.5 Å². The normalized spacial score (nSPS) is 16.5. The smallest absolute Gasteiger partial charge is 0.238 e. The van der Waals surface area contributed by atoms with Crippen molar-refractivity contribution in [2.24, 2.45) is 0 Å². The second-order valence-electron chi connectivity index (χ2n) is 7.10. The summed E-state index contributed by atoms with van der Waals surface area (Å²) in [4.78, 5) is 16.9. The Morgan fingerprint density at radius 2 is 1.68 bits per heavy atom. The number of nitrogens with zero attached hydrogens (tertiary/aromatic N) is 2. The van der Waals surface area contributed by atoms with Crippen LogP contribution >= 0.6 is 0 Å².